The van der Waals surface area contributed by atoms with Crippen molar-refractivity contribution in [2.75, 3.05) is 43.1 Å². The molecule has 5 fully saturated rings. The molecule has 1 aromatic heterocycles. The number of ether oxygens (including phenoxy) is 1. The summed E-state index contributed by atoms with van der Waals surface area (Å²) in [5.74, 6) is 1.54. The lowest BCUT2D eigenvalue weighted by Gasteiger charge is -2.56. The molecule has 8 nitrogen and oxygen atoms in total. The molecule has 220 valence electrons. The van der Waals surface area contributed by atoms with Crippen molar-refractivity contribution in [3.63, 3.8) is 0 Å². The first-order valence-electron chi connectivity index (χ1n) is 15.1. The van der Waals surface area contributed by atoms with Gasteiger partial charge >= 0.3 is 0 Å². The van der Waals surface area contributed by atoms with Crippen LogP contribution < -0.4 is 15.5 Å². The van der Waals surface area contributed by atoms with Gasteiger partial charge in [0.2, 0.25) is 5.76 Å². The second-order valence-corrected chi connectivity index (χ2v) is 13.0. The number of anilines is 2. The fraction of sp³-hybridized carbons (Fsp3) is 0.485. The Morgan fingerprint density at radius 1 is 0.976 bits per heavy atom. The highest BCUT2D eigenvalue weighted by molar-refractivity contribution is 6.05. The Balaban J connectivity index is 1.03. The number of benzene rings is 2. The normalized spacial score (nSPS) is 26.3. The Morgan fingerprint density at radius 3 is 2.40 bits per heavy atom. The van der Waals surface area contributed by atoms with Crippen LogP contribution in [0.5, 0.6) is 0 Å². The lowest BCUT2D eigenvalue weighted by atomic mass is 9.49. The van der Waals surface area contributed by atoms with Gasteiger partial charge in [0.25, 0.3) is 11.8 Å². The highest BCUT2D eigenvalue weighted by atomic mass is 19.1. The maximum Gasteiger partial charge on any atom is 0.289 e. The van der Waals surface area contributed by atoms with Crippen LogP contribution in [0.4, 0.5) is 15.8 Å². The smallest absolute Gasteiger partial charge is 0.289 e. The van der Waals surface area contributed by atoms with Gasteiger partial charge in [-0.05, 0) is 105 Å². The van der Waals surface area contributed by atoms with Crippen LogP contribution in [-0.4, -0.2) is 49.8 Å². The van der Waals surface area contributed by atoms with Crippen molar-refractivity contribution in [1.29, 1.82) is 0 Å². The van der Waals surface area contributed by atoms with E-state index >= 15 is 0 Å². The number of carbonyl (C=O) groups is 2. The number of carbonyl (C=O) groups excluding carboxylic acids is 2. The van der Waals surface area contributed by atoms with E-state index in [2.05, 4.69) is 15.8 Å². The third-order valence-electron chi connectivity index (χ3n) is 9.82. The summed E-state index contributed by atoms with van der Waals surface area (Å²) in [4.78, 5) is 28.2. The lowest BCUT2D eigenvalue weighted by molar-refractivity contribution is -0.0504. The Labute approximate surface area is 245 Å². The number of hydrogen-bond donors (Lipinski definition) is 2. The van der Waals surface area contributed by atoms with Gasteiger partial charge in [0, 0.05) is 48.2 Å². The van der Waals surface area contributed by atoms with Gasteiger partial charge < -0.3 is 24.8 Å². The standard InChI is InChI=1S/C33H37FN4O4/c1-20-2-3-26(36-31(39)24-11-25(34)13-27(12-24)38-4-6-41-7-5-38)14-28(20)29-15-30(42-37-29)32(40)35-19-33-16-21-8-22(17-33)10-23(9-21)18-33/h2-3,11-15,21-23H,4-10,16-19H2,1H3,(H,35,40)(H,36,39). The predicted octanol–water partition coefficient (Wildman–Crippen LogP) is 5.82. The second-order valence-electron chi connectivity index (χ2n) is 13.0. The molecule has 4 bridgehead atoms. The molecule has 5 aliphatic rings. The van der Waals surface area contributed by atoms with E-state index < -0.39 is 11.7 Å². The zero-order valence-electron chi connectivity index (χ0n) is 24.0. The molecule has 1 aliphatic heterocycles. The summed E-state index contributed by atoms with van der Waals surface area (Å²) < 4.78 is 25.3. The van der Waals surface area contributed by atoms with Crippen molar-refractivity contribution in [1.82, 2.24) is 10.5 Å². The van der Waals surface area contributed by atoms with Crippen LogP contribution in [0, 0.1) is 35.9 Å². The van der Waals surface area contributed by atoms with Gasteiger partial charge in [-0.15, -0.1) is 0 Å². The van der Waals surface area contributed by atoms with E-state index in [0.717, 1.165) is 28.9 Å². The van der Waals surface area contributed by atoms with Gasteiger partial charge in [0.1, 0.15) is 11.5 Å². The zero-order chi connectivity index (χ0) is 28.8. The Bertz CT molecular complexity index is 1480. The van der Waals surface area contributed by atoms with Crippen molar-refractivity contribution in [3.8, 4) is 11.3 Å². The number of rotatable bonds is 7. The number of nitrogens with one attached hydrogen (secondary N) is 2. The van der Waals surface area contributed by atoms with Gasteiger partial charge in [-0.25, -0.2) is 4.39 Å². The molecule has 1 saturated heterocycles. The number of amides is 2. The second kappa shape index (κ2) is 10.8. The quantitative estimate of drug-likeness (QED) is 0.370. The van der Waals surface area contributed by atoms with E-state index in [1.54, 1.807) is 24.3 Å². The number of aromatic nitrogens is 1. The first-order valence-corrected chi connectivity index (χ1v) is 15.1. The zero-order valence-corrected chi connectivity index (χ0v) is 24.0. The molecule has 0 radical (unpaired) electrons. The van der Waals surface area contributed by atoms with Crippen molar-refractivity contribution < 1.29 is 23.2 Å². The fourth-order valence-corrected chi connectivity index (χ4v) is 8.26. The van der Waals surface area contributed by atoms with Crippen LogP contribution in [0.1, 0.15) is 65.0 Å². The topological polar surface area (TPSA) is 96.7 Å². The summed E-state index contributed by atoms with van der Waals surface area (Å²) >= 11 is 0. The van der Waals surface area contributed by atoms with Gasteiger partial charge in [0.05, 0.1) is 13.2 Å². The number of aryl methyl sites for hydroxylation is 1. The summed E-state index contributed by atoms with van der Waals surface area (Å²) in [7, 11) is 0. The van der Waals surface area contributed by atoms with Crippen LogP contribution in [0.15, 0.2) is 47.0 Å². The van der Waals surface area contributed by atoms with E-state index in [9.17, 15) is 14.0 Å². The fourth-order valence-electron chi connectivity index (χ4n) is 8.26. The summed E-state index contributed by atoms with van der Waals surface area (Å²) in [6.45, 7) is 5.05. The highest BCUT2D eigenvalue weighted by Gasteiger charge is 2.50. The molecule has 0 spiro atoms. The van der Waals surface area contributed by atoms with Gasteiger partial charge in [-0.1, -0.05) is 11.2 Å². The maximum atomic E-state index is 14.4. The van der Waals surface area contributed by atoms with Crippen molar-refractivity contribution >= 4 is 23.2 Å². The van der Waals surface area contributed by atoms with Crippen LogP contribution >= 0.6 is 0 Å². The van der Waals surface area contributed by atoms with E-state index in [4.69, 9.17) is 9.26 Å². The lowest BCUT2D eigenvalue weighted by Crippen LogP contribution is -2.51. The Hall–Kier alpha value is -3.72. The van der Waals surface area contributed by atoms with E-state index in [1.165, 1.54) is 50.7 Å². The van der Waals surface area contributed by atoms with Crippen molar-refractivity contribution in [2.45, 2.75) is 45.4 Å². The molecule has 8 rings (SSSR count). The molecule has 0 atom stereocenters. The average Bonchev–Trinajstić information content (AvgIpc) is 3.47. The molecule has 3 aromatic rings. The Kier molecular flexibility index (Phi) is 7.00. The highest BCUT2D eigenvalue weighted by Crippen LogP contribution is 2.59. The van der Waals surface area contributed by atoms with E-state index in [0.29, 0.717) is 49.9 Å². The first kappa shape index (κ1) is 27.1. The van der Waals surface area contributed by atoms with Crippen LogP contribution in [0.25, 0.3) is 11.3 Å². The van der Waals surface area contributed by atoms with Gasteiger partial charge in [-0.2, -0.15) is 0 Å². The summed E-state index contributed by atoms with van der Waals surface area (Å²) in [6.07, 6.45) is 7.79. The minimum Gasteiger partial charge on any atom is -0.378 e. The molecule has 42 heavy (non-hydrogen) atoms. The van der Waals surface area contributed by atoms with Gasteiger partial charge in [0.15, 0.2) is 0 Å². The van der Waals surface area contributed by atoms with E-state index in [1.807, 2.05) is 17.9 Å². The molecule has 2 amide bonds. The van der Waals surface area contributed by atoms with Crippen LogP contribution in [0.2, 0.25) is 0 Å². The molecule has 2 aromatic carbocycles. The molecule has 4 saturated carbocycles. The number of morpholine rings is 1. The minimum atomic E-state index is -0.467. The summed E-state index contributed by atoms with van der Waals surface area (Å²) in [5.41, 5.74) is 3.84. The Morgan fingerprint density at radius 2 is 1.69 bits per heavy atom. The third-order valence-corrected chi connectivity index (χ3v) is 9.82. The largest absolute Gasteiger partial charge is 0.378 e. The SMILES string of the molecule is Cc1ccc(NC(=O)c2cc(F)cc(N3CCOCC3)c2)cc1-c1cc(C(=O)NCC23CC4CC(CC(C4)C2)C3)on1. The summed E-state index contributed by atoms with van der Waals surface area (Å²) in [5, 5.41) is 10.2. The van der Waals surface area contributed by atoms with Crippen LogP contribution in [-0.2, 0) is 4.74 Å². The molecular weight excluding hydrogens is 535 g/mol. The maximum absolute atomic E-state index is 14.4. The minimum absolute atomic E-state index is 0.180. The molecule has 9 heteroatoms. The van der Waals surface area contributed by atoms with Crippen LogP contribution in [0.3, 0.4) is 0 Å². The number of halogens is 1. The molecular formula is C33H37FN4O4. The summed E-state index contributed by atoms with van der Waals surface area (Å²) in [6, 6.07) is 11.5. The molecule has 2 heterocycles. The van der Waals surface area contributed by atoms with Crippen molar-refractivity contribution in [3.05, 3.63) is 65.2 Å². The monoisotopic (exact) mass is 572 g/mol. The average molecular weight is 573 g/mol. The molecule has 4 aliphatic carbocycles. The number of nitrogens with zero attached hydrogens (tertiary/aromatic N) is 2. The predicted molar refractivity (Wildman–Crippen MR) is 157 cm³/mol. The van der Waals surface area contributed by atoms with E-state index in [-0.39, 0.29) is 22.6 Å². The molecule has 0 unspecified atom stereocenters. The molecule has 2 N–H and O–H groups in total. The van der Waals surface area contributed by atoms with Crippen molar-refractivity contribution in [2.24, 2.45) is 23.2 Å². The first-order chi connectivity index (χ1) is 20.3. The number of hydrogen-bond acceptors (Lipinski definition) is 6. The van der Waals surface area contributed by atoms with Gasteiger partial charge in [-0.3, -0.25) is 9.59 Å². The third kappa shape index (κ3) is 5.42.